The predicted octanol–water partition coefficient (Wildman–Crippen LogP) is 3.55. The molecule has 1 heterocycles. The highest BCUT2D eigenvalue weighted by Gasteiger charge is 2.12. The van der Waals surface area contributed by atoms with Gasteiger partial charge in [-0.25, -0.2) is 4.98 Å². The molecule has 0 aliphatic rings. The number of hydrogen-bond donors (Lipinski definition) is 2. The van der Waals surface area contributed by atoms with Crippen molar-refractivity contribution in [3.8, 4) is 5.75 Å². The Balaban J connectivity index is 1.90. The number of phenolic OH excluding ortho intramolecular Hbond substituents is 1. The van der Waals surface area contributed by atoms with Gasteiger partial charge < -0.3 is 10.4 Å². The third-order valence-electron chi connectivity index (χ3n) is 3.12. The van der Waals surface area contributed by atoms with Crippen LogP contribution < -0.4 is 5.32 Å². The van der Waals surface area contributed by atoms with E-state index in [0.29, 0.717) is 16.2 Å². The average Bonchev–Trinajstić information content (AvgIpc) is 2.49. The smallest absolute Gasteiger partial charge is 0.259 e. The van der Waals surface area contributed by atoms with Crippen LogP contribution in [0, 0.1) is 6.92 Å². The first-order chi connectivity index (χ1) is 10.5. The van der Waals surface area contributed by atoms with Crippen molar-refractivity contribution in [2.45, 2.75) is 6.92 Å². The van der Waals surface area contributed by atoms with E-state index in [1.165, 1.54) is 18.2 Å². The fraction of sp³-hybridized carbons (Fsp3) is 0.0625. The van der Waals surface area contributed by atoms with Crippen molar-refractivity contribution < 1.29 is 9.90 Å². The number of nitrogens with one attached hydrogen (secondary N) is 1. The van der Waals surface area contributed by atoms with Gasteiger partial charge in [0.1, 0.15) is 5.75 Å². The van der Waals surface area contributed by atoms with E-state index in [1.54, 1.807) is 24.4 Å². The number of amides is 1. The third-order valence-corrected chi connectivity index (χ3v) is 3.36. The van der Waals surface area contributed by atoms with Crippen LogP contribution in [0.1, 0.15) is 16.1 Å². The number of carbonyl (C=O) groups is 1. The van der Waals surface area contributed by atoms with Crippen molar-refractivity contribution in [3.05, 3.63) is 58.9 Å². The SMILES string of the molecule is Cc1cnc2cc(NC(=O)c3cc(Cl)ccc3O)ccc2n1. The van der Waals surface area contributed by atoms with Gasteiger partial charge in [0, 0.05) is 16.9 Å². The number of phenols is 1. The molecular formula is C16H12ClN3O2. The molecule has 0 saturated carbocycles. The fourth-order valence-electron chi connectivity index (χ4n) is 2.07. The van der Waals surface area contributed by atoms with Crippen LogP contribution in [0.5, 0.6) is 5.75 Å². The normalized spacial score (nSPS) is 10.6. The summed E-state index contributed by atoms with van der Waals surface area (Å²) in [6.45, 7) is 1.87. The second kappa shape index (κ2) is 5.61. The van der Waals surface area contributed by atoms with Gasteiger partial charge in [-0.3, -0.25) is 9.78 Å². The Morgan fingerprint density at radius 3 is 2.82 bits per heavy atom. The molecule has 3 aromatic rings. The molecule has 2 N–H and O–H groups in total. The minimum Gasteiger partial charge on any atom is -0.507 e. The minimum absolute atomic E-state index is 0.114. The quantitative estimate of drug-likeness (QED) is 0.758. The molecular weight excluding hydrogens is 302 g/mol. The number of aromatic nitrogens is 2. The Hall–Kier alpha value is -2.66. The van der Waals surface area contributed by atoms with Crippen molar-refractivity contribution in [2.24, 2.45) is 0 Å². The molecule has 3 rings (SSSR count). The third kappa shape index (κ3) is 2.84. The Kier molecular flexibility index (Phi) is 3.65. The van der Waals surface area contributed by atoms with Crippen molar-refractivity contribution >= 4 is 34.2 Å². The van der Waals surface area contributed by atoms with Crippen LogP contribution in [0.2, 0.25) is 5.02 Å². The summed E-state index contributed by atoms with van der Waals surface area (Å²) in [5.41, 5.74) is 2.94. The number of halogens is 1. The Bertz CT molecular complexity index is 880. The summed E-state index contributed by atoms with van der Waals surface area (Å²) in [4.78, 5) is 20.8. The van der Waals surface area contributed by atoms with Gasteiger partial charge in [0.15, 0.2) is 0 Å². The summed E-state index contributed by atoms with van der Waals surface area (Å²) >= 11 is 5.85. The lowest BCUT2D eigenvalue weighted by atomic mass is 10.1. The Labute approximate surface area is 131 Å². The van der Waals surface area contributed by atoms with Crippen LogP contribution in [-0.4, -0.2) is 21.0 Å². The second-order valence-corrected chi connectivity index (χ2v) is 5.27. The van der Waals surface area contributed by atoms with Gasteiger partial charge in [-0.05, 0) is 43.3 Å². The maximum absolute atomic E-state index is 12.2. The van der Waals surface area contributed by atoms with Crippen molar-refractivity contribution in [1.29, 1.82) is 0 Å². The first-order valence-corrected chi connectivity index (χ1v) is 6.94. The number of carbonyl (C=O) groups excluding carboxylic acids is 1. The molecule has 0 radical (unpaired) electrons. The molecule has 0 atom stereocenters. The average molecular weight is 314 g/mol. The monoisotopic (exact) mass is 313 g/mol. The number of hydrogen-bond acceptors (Lipinski definition) is 4. The van der Waals surface area contributed by atoms with Gasteiger partial charge in [0.05, 0.1) is 22.3 Å². The van der Waals surface area contributed by atoms with E-state index in [2.05, 4.69) is 15.3 Å². The zero-order valence-corrected chi connectivity index (χ0v) is 12.4. The van der Waals surface area contributed by atoms with Gasteiger partial charge in [-0.1, -0.05) is 11.6 Å². The van der Waals surface area contributed by atoms with E-state index < -0.39 is 5.91 Å². The molecule has 0 fully saturated rings. The first-order valence-electron chi connectivity index (χ1n) is 6.56. The molecule has 0 aliphatic heterocycles. The van der Waals surface area contributed by atoms with E-state index in [0.717, 1.165) is 11.2 Å². The largest absolute Gasteiger partial charge is 0.507 e. The van der Waals surface area contributed by atoms with Crippen LogP contribution in [0.15, 0.2) is 42.6 Å². The Morgan fingerprint density at radius 2 is 2.00 bits per heavy atom. The highest BCUT2D eigenvalue weighted by molar-refractivity contribution is 6.31. The lowest BCUT2D eigenvalue weighted by Gasteiger charge is -2.08. The molecule has 110 valence electrons. The van der Waals surface area contributed by atoms with Crippen LogP contribution in [0.25, 0.3) is 11.0 Å². The molecule has 6 heteroatoms. The van der Waals surface area contributed by atoms with Crippen LogP contribution in [0.3, 0.4) is 0 Å². The molecule has 5 nitrogen and oxygen atoms in total. The number of fused-ring (bicyclic) bond motifs is 1. The van der Waals surface area contributed by atoms with Gasteiger partial charge in [-0.15, -0.1) is 0 Å². The summed E-state index contributed by atoms with van der Waals surface area (Å²) < 4.78 is 0. The second-order valence-electron chi connectivity index (χ2n) is 4.83. The van der Waals surface area contributed by atoms with Gasteiger partial charge in [0.2, 0.25) is 0 Å². The van der Waals surface area contributed by atoms with Crippen LogP contribution in [-0.2, 0) is 0 Å². The number of aromatic hydroxyl groups is 1. The van der Waals surface area contributed by atoms with E-state index in [1.807, 2.05) is 6.92 Å². The summed E-state index contributed by atoms with van der Waals surface area (Å²) in [5.74, 6) is -0.572. The van der Waals surface area contributed by atoms with Crippen LogP contribution >= 0.6 is 11.6 Å². The maximum atomic E-state index is 12.2. The van der Waals surface area contributed by atoms with E-state index in [4.69, 9.17) is 11.6 Å². The Morgan fingerprint density at radius 1 is 1.18 bits per heavy atom. The molecule has 0 spiro atoms. The zero-order chi connectivity index (χ0) is 15.7. The molecule has 22 heavy (non-hydrogen) atoms. The molecule has 1 aromatic heterocycles. The van der Waals surface area contributed by atoms with Crippen molar-refractivity contribution in [1.82, 2.24) is 9.97 Å². The summed E-state index contributed by atoms with van der Waals surface area (Å²) in [7, 11) is 0. The summed E-state index contributed by atoms with van der Waals surface area (Å²) in [5, 5.41) is 12.8. The topological polar surface area (TPSA) is 75.1 Å². The van der Waals surface area contributed by atoms with Crippen molar-refractivity contribution in [3.63, 3.8) is 0 Å². The molecule has 0 aliphatic carbocycles. The van der Waals surface area contributed by atoms with E-state index >= 15 is 0 Å². The molecule has 2 aromatic carbocycles. The lowest BCUT2D eigenvalue weighted by molar-refractivity contribution is 0.102. The minimum atomic E-state index is -0.445. The summed E-state index contributed by atoms with van der Waals surface area (Å²) in [6, 6.07) is 9.55. The number of anilines is 1. The van der Waals surface area contributed by atoms with Gasteiger partial charge in [-0.2, -0.15) is 0 Å². The zero-order valence-electron chi connectivity index (χ0n) is 11.7. The lowest BCUT2D eigenvalue weighted by Crippen LogP contribution is -2.12. The van der Waals surface area contributed by atoms with Gasteiger partial charge >= 0.3 is 0 Å². The summed E-state index contributed by atoms with van der Waals surface area (Å²) in [6.07, 6.45) is 1.66. The van der Waals surface area contributed by atoms with Crippen LogP contribution in [0.4, 0.5) is 5.69 Å². The van der Waals surface area contributed by atoms with Gasteiger partial charge in [0.25, 0.3) is 5.91 Å². The first kappa shape index (κ1) is 14.3. The number of rotatable bonds is 2. The standard InChI is InChI=1S/C16H12ClN3O2/c1-9-8-18-14-7-11(3-4-13(14)19-9)20-16(22)12-6-10(17)2-5-15(12)21/h2-8,21H,1H3,(H,20,22). The fourth-order valence-corrected chi connectivity index (χ4v) is 2.24. The number of aryl methyl sites for hydroxylation is 1. The number of nitrogens with zero attached hydrogens (tertiary/aromatic N) is 2. The molecule has 0 bridgehead atoms. The highest BCUT2D eigenvalue weighted by atomic mass is 35.5. The molecule has 1 amide bonds. The highest BCUT2D eigenvalue weighted by Crippen LogP contribution is 2.23. The number of benzene rings is 2. The van der Waals surface area contributed by atoms with E-state index in [-0.39, 0.29) is 11.3 Å². The van der Waals surface area contributed by atoms with Crippen molar-refractivity contribution in [2.75, 3.05) is 5.32 Å². The molecule has 0 unspecified atom stereocenters. The molecule has 0 saturated heterocycles. The van der Waals surface area contributed by atoms with E-state index in [9.17, 15) is 9.90 Å². The maximum Gasteiger partial charge on any atom is 0.259 e. The predicted molar refractivity (Wildman–Crippen MR) is 85.3 cm³/mol.